The van der Waals surface area contributed by atoms with Gasteiger partial charge in [-0.15, -0.1) is 0 Å². The third kappa shape index (κ3) is 8.47. The highest BCUT2D eigenvalue weighted by molar-refractivity contribution is 6.30. The smallest absolute Gasteiger partial charge is 0.306 e. The van der Waals surface area contributed by atoms with Crippen LogP contribution >= 0.6 is 11.6 Å². The van der Waals surface area contributed by atoms with Crippen LogP contribution in [0.3, 0.4) is 0 Å². The largest absolute Gasteiger partial charge is 0.490 e. The molecule has 2 aromatic carbocycles. The lowest BCUT2D eigenvalue weighted by atomic mass is 10.2. The van der Waals surface area contributed by atoms with Gasteiger partial charge < -0.3 is 24.8 Å². The lowest BCUT2D eigenvalue weighted by molar-refractivity contribution is -0.147. The second kappa shape index (κ2) is 13.2. The van der Waals surface area contributed by atoms with Crippen molar-refractivity contribution in [1.82, 2.24) is 5.32 Å². The molecule has 2 N–H and O–H groups in total. The van der Waals surface area contributed by atoms with Crippen LogP contribution in [0.5, 0.6) is 11.5 Å². The van der Waals surface area contributed by atoms with Gasteiger partial charge >= 0.3 is 5.97 Å². The van der Waals surface area contributed by atoms with Crippen molar-refractivity contribution in [2.75, 3.05) is 31.7 Å². The molecule has 0 radical (unpaired) electrons. The number of hydrogen-bond donors (Lipinski definition) is 2. The molecule has 0 fully saturated rings. The maximum Gasteiger partial charge on any atom is 0.306 e. The maximum absolute atomic E-state index is 12.1. The summed E-state index contributed by atoms with van der Waals surface area (Å²) in [7, 11) is 0. The molecule has 0 aliphatic rings. The summed E-state index contributed by atoms with van der Waals surface area (Å²) in [6, 6.07) is 11.5. The Hall–Kier alpha value is -3.26. The summed E-state index contributed by atoms with van der Waals surface area (Å²) in [4.78, 5) is 35.9. The second-order valence-electron chi connectivity index (χ2n) is 6.60. The molecule has 0 saturated carbocycles. The van der Waals surface area contributed by atoms with E-state index in [-0.39, 0.29) is 12.3 Å². The van der Waals surface area contributed by atoms with Gasteiger partial charge in [0.05, 0.1) is 13.2 Å². The summed E-state index contributed by atoms with van der Waals surface area (Å²) in [5.74, 6) is -0.147. The molecule has 8 nitrogen and oxygen atoms in total. The molecule has 2 aromatic rings. The number of amides is 2. The number of halogens is 1. The van der Waals surface area contributed by atoms with Crippen LogP contribution in [-0.2, 0) is 14.3 Å². The molecule has 0 atom stereocenters. The van der Waals surface area contributed by atoms with Crippen LogP contribution in [0.2, 0.25) is 5.02 Å². The fraction of sp³-hybridized carbons (Fsp3) is 0.348. The number of benzene rings is 2. The SMILES string of the molecule is CCOc1ccc(NC(=O)COC(=O)CCCNC(=O)c2ccc(Cl)cc2)cc1OCC. The Kier molecular flexibility index (Phi) is 10.3. The van der Waals surface area contributed by atoms with Gasteiger partial charge in [-0.25, -0.2) is 0 Å². The number of carbonyl (C=O) groups excluding carboxylic acids is 3. The second-order valence-corrected chi connectivity index (χ2v) is 7.04. The van der Waals surface area contributed by atoms with Gasteiger partial charge in [0.15, 0.2) is 18.1 Å². The average molecular weight is 463 g/mol. The minimum absolute atomic E-state index is 0.0751. The van der Waals surface area contributed by atoms with Crippen molar-refractivity contribution in [1.29, 1.82) is 0 Å². The van der Waals surface area contributed by atoms with Crippen LogP contribution < -0.4 is 20.1 Å². The Morgan fingerprint density at radius 3 is 2.31 bits per heavy atom. The van der Waals surface area contributed by atoms with Gasteiger partial charge in [-0.1, -0.05) is 11.6 Å². The van der Waals surface area contributed by atoms with Gasteiger partial charge in [-0.05, 0) is 56.7 Å². The van der Waals surface area contributed by atoms with Gasteiger partial charge in [0, 0.05) is 35.3 Å². The highest BCUT2D eigenvalue weighted by Gasteiger charge is 2.11. The highest BCUT2D eigenvalue weighted by atomic mass is 35.5. The van der Waals surface area contributed by atoms with Gasteiger partial charge in [0.2, 0.25) is 0 Å². The Bertz CT molecular complexity index is 917. The third-order valence-electron chi connectivity index (χ3n) is 4.14. The Labute approximate surface area is 192 Å². The molecular formula is C23H27ClN2O6. The van der Waals surface area contributed by atoms with E-state index in [1.807, 2.05) is 13.8 Å². The van der Waals surface area contributed by atoms with Gasteiger partial charge in [-0.2, -0.15) is 0 Å². The molecule has 0 aromatic heterocycles. The number of rotatable bonds is 12. The van der Waals surface area contributed by atoms with E-state index in [1.54, 1.807) is 42.5 Å². The van der Waals surface area contributed by atoms with Crippen LogP contribution in [0.4, 0.5) is 5.69 Å². The summed E-state index contributed by atoms with van der Waals surface area (Å²) < 4.78 is 16.0. The van der Waals surface area contributed by atoms with Crippen LogP contribution in [-0.4, -0.2) is 44.1 Å². The maximum atomic E-state index is 12.1. The number of hydrogen-bond acceptors (Lipinski definition) is 6. The molecule has 0 saturated heterocycles. The van der Waals surface area contributed by atoms with E-state index in [0.29, 0.717) is 54.0 Å². The first-order valence-corrected chi connectivity index (χ1v) is 10.7. The minimum Gasteiger partial charge on any atom is -0.490 e. The minimum atomic E-state index is -0.525. The van der Waals surface area contributed by atoms with Gasteiger partial charge in [0.25, 0.3) is 11.8 Å². The summed E-state index contributed by atoms with van der Waals surface area (Å²) in [5.41, 5.74) is 0.985. The standard InChI is InChI=1S/C23H27ClN2O6/c1-3-30-19-12-11-18(14-20(19)31-4-2)26-21(27)15-32-22(28)6-5-13-25-23(29)16-7-9-17(24)10-8-16/h7-12,14H,3-6,13,15H2,1-2H3,(H,25,29)(H,26,27). The van der Waals surface area contributed by atoms with Crippen molar-refractivity contribution in [2.24, 2.45) is 0 Å². The van der Waals surface area contributed by atoms with Crippen LogP contribution in [0.25, 0.3) is 0 Å². The van der Waals surface area contributed by atoms with E-state index in [2.05, 4.69) is 10.6 Å². The number of esters is 1. The summed E-state index contributed by atoms with van der Waals surface area (Å²) >= 11 is 5.79. The molecule has 2 amide bonds. The van der Waals surface area contributed by atoms with E-state index >= 15 is 0 Å². The number of ether oxygens (including phenoxy) is 3. The quantitative estimate of drug-likeness (QED) is 0.367. The van der Waals surface area contributed by atoms with Crippen molar-refractivity contribution in [2.45, 2.75) is 26.7 Å². The molecule has 9 heteroatoms. The van der Waals surface area contributed by atoms with Crippen molar-refractivity contribution >= 4 is 35.1 Å². The predicted molar refractivity (Wildman–Crippen MR) is 121 cm³/mol. The first-order chi connectivity index (χ1) is 15.4. The van der Waals surface area contributed by atoms with E-state index in [4.69, 9.17) is 25.8 Å². The van der Waals surface area contributed by atoms with E-state index in [9.17, 15) is 14.4 Å². The molecule has 0 aliphatic heterocycles. The molecule has 32 heavy (non-hydrogen) atoms. The number of carbonyl (C=O) groups is 3. The van der Waals surface area contributed by atoms with Crippen molar-refractivity contribution in [3.8, 4) is 11.5 Å². The van der Waals surface area contributed by atoms with Crippen molar-refractivity contribution < 1.29 is 28.6 Å². The van der Waals surface area contributed by atoms with E-state index in [0.717, 1.165) is 0 Å². The molecule has 0 bridgehead atoms. The van der Waals surface area contributed by atoms with E-state index in [1.165, 1.54) is 0 Å². The van der Waals surface area contributed by atoms with Crippen LogP contribution in [0, 0.1) is 0 Å². The third-order valence-corrected chi connectivity index (χ3v) is 4.39. The first kappa shape index (κ1) is 25.0. The normalized spacial score (nSPS) is 10.2. The van der Waals surface area contributed by atoms with Gasteiger partial charge in [0.1, 0.15) is 0 Å². The highest BCUT2D eigenvalue weighted by Crippen LogP contribution is 2.30. The zero-order valence-electron chi connectivity index (χ0n) is 18.1. The zero-order valence-corrected chi connectivity index (χ0v) is 18.9. The van der Waals surface area contributed by atoms with Crippen LogP contribution in [0.15, 0.2) is 42.5 Å². The predicted octanol–water partition coefficient (Wildman–Crippen LogP) is 3.83. The van der Waals surface area contributed by atoms with Crippen LogP contribution in [0.1, 0.15) is 37.0 Å². The molecular weight excluding hydrogens is 436 g/mol. The zero-order chi connectivity index (χ0) is 23.3. The fourth-order valence-corrected chi connectivity index (χ4v) is 2.81. The summed E-state index contributed by atoms with van der Waals surface area (Å²) in [6.45, 7) is 4.56. The van der Waals surface area contributed by atoms with Crippen molar-refractivity contribution in [3.05, 3.63) is 53.1 Å². The number of nitrogens with one attached hydrogen (secondary N) is 2. The lowest BCUT2D eigenvalue weighted by Gasteiger charge is -2.13. The fourth-order valence-electron chi connectivity index (χ4n) is 2.68. The number of anilines is 1. The first-order valence-electron chi connectivity index (χ1n) is 10.3. The monoisotopic (exact) mass is 462 g/mol. The Balaban J connectivity index is 1.69. The molecule has 0 heterocycles. The summed E-state index contributed by atoms with van der Waals surface area (Å²) in [5, 5.41) is 5.91. The average Bonchev–Trinajstić information content (AvgIpc) is 2.77. The summed E-state index contributed by atoms with van der Waals surface area (Å²) in [6.07, 6.45) is 0.460. The van der Waals surface area contributed by atoms with Crippen molar-refractivity contribution in [3.63, 3.8) is 0 Å². The topological polar surface area (TPSA) is 103 Å². The molecule has 0 spiro atoms. The molecule has 2 rings (SSSR count). The molecule has 0 aliphatic carbocycles. The molecule has 0 unspecified atom stereocenters. The lowest BCUT2D eigenvalue weighted by Crippen LogP contribution is -2.25. The van der Waals surface area contributed by atoms with E-state index < -0.39 is 18.5 Å². The van der Waals surface area contributed by atoms with Gasteiger partial charge in [-0.3, -0.25) is 14.4 Å². The Morgan fingerprint density at radius 1 is 0.938 bits per heavy atom. The molecule has 172 valence electrons. The Morgan fingerprint density at radius 2 is 1.62 bits per heavy atom.